The highest BCUT2D eigenvalue weighted by Gasteiger charge is 2.52. The van der Waals surface area contributed by atoms with E-state index >= 15 is 0 Å². The number of Topliss-reactive ketones (excluding diaryl/α,β-unsaturated/α-hetero) is 1. The number of rotatable bonds is 3. The summed E-state index contributed by atoms with van der Waals surface area (Å²) in [4.78, 5) is 14.3. The van der Waals surface area contributed by atoms with Gasteiger partial charge in [0, 0.05) is 19.6 Å². The molecule has 1 atom stereocenters. The van der Waals surface area contributed by atoms with Gasteiger partial charge in [0.05, 0.1) is 6.61 Å². The van der Waals surface area contributed by atoms with Crippen LogP contribution in [-0.4, -0.2) is 49.6 Å². The first kappa shape index (κ1) is 10.1. The van der Waals surface area contributed by atoms with E-state index < -0.39 is 5.54 Å². The van der Waals surface area contributed by atoms with Crippen LogP contribution in [0.5, 0.6) is 0 Å². The number of hydrogen-bond acceptors (Lipinski definition) is 4. The van der Waals surface area contributed by atoms with Crippen molar-refractivity contribution in [2.45, 2.75) is 18.4 Å². The molecule has 3 heterocycles. The Morgan fingerprint density at radius 1 is 1.57 bits per heavy atom. The van der Waals surface area contributed by atoms with E-state index in [4.69, 9.17) is 10.5 Å². The van der Waals surface area contributed by atoms with Crippen molar-refractivity contribution in [2.24, 2.45) is 11.7 Å². The van der Waals surface area contributed by atoms with Crippen LogP contribution in [0.2, 0.25) is 0 Å². The summed E-state index contributed by atoms with van der Waals surface area (Å²) in [6, 6.07) is 0. The number of ketones is 1. The van der Waals surface area contributed by atoms with Gasteiger partial charge in [0.15, 0.2) is 5.78 Å². The summed E-state index contributed by atoms with van der Waals surface area (Å²) in [5, 5.41) is 0. The lowest BCUT2D eigenvalue weighted by Gasteiger charge is -2.52. The zero-order chi connectivity index (χ0) is 10.2. The second kappa shape index (κ2) is 3.61. The zero-order valence-electron chi connectivity index (χ0n) is 8.66. The fourth-order valence-corrected chi connectivity index (χ4v) is 2.80. The quantitative estimate of drug-likeness (QED) is 0.672. The van der Waals surface area contributed by atoms with E-state index in [0.717, 1.165) is 25.9 Å². The topological polar surface area (TPSA) is 55.6 Å². The van der Waals surface area contributed by atoms with Crippen molar-refractivity contribution in [3.05, 3.63) is 0 Å². The molecule has 3 fully saturated rings. The minimum atomic E-state index is -0.504. The molecule has 4 nitrogen and oxygen atoms in total. The summed E-state index contributed by atoms with van der Waals surface area (Å²) in [6.07, 6.45) is 2.01. The molecule has 0 aromatic rings. The number of piperidine rings is 3. The first-order valence-corrected chi connectivity index (χ1v) is 5.23. The van der Waals surface area contributed by atoms with Crippen LogP contribution in [0.15, 0.2) is 0 Å². The Bertz CT molecular complexity index is 236. The summed E-state index contributed by atoms with van der Waals surface area (Å²) in [6.45, 7) is 2.82. The number of nitrogens with two attached hydrogens (primary N) is 1. The molecule has 0 aromatic carbocycles. The monoisotopic (exact) mass is 198 g/mol. The fraction of sp³-hybridized carbons (Fsp3) is 0.900. The number of nitrogens with zero attached hydrogens (tertiary/aromatic N) is 1. The molecule has 14 heavy (non-hydrogen) atoms. The zero-order valence-corrected chi connectivity index (χ0v) is 8.66. The predicted octanol–water partition coefficient (Wildman–Crippen LogP) is -0.375. The molecule has 2 N–H and O–H groups in total. The molecule has 0 amide bonds. The van der Waals surface area contributed by atoms with E-state index in [-0.39, 0.29) is 5.92 Å². The molecule has 0 spiro atoms. The number of fused-ring (bicyclic) bond motifs is 3. The molecule has 3 aliphatic heterocycles. The van der Waals surface area contributed by atoms with Crippen molar-refractivity contribution in [3.63, 3.8) is 0 Å². The van der Waals surface area contributed by atoms with Crippen molar-refractivity contribution in [1.82, 2.24) is 4.90 Å². The Morgan fingerprint density at radius 3 is 2.64 bits per heavy atom. The number of carbonyl (C=O) groups excluding carboxylic acids is 1. The number of ether oxygens (including phenoxy) is 1. The number of methoxy groups -OCH3 is 1. The van der Waals surface area contributed by atoms with Crippen molar-refractivity contribution in [2.75, 3.05) is 33.4 Å². The average Bonchev–Trinajstić information content (AvgIpc) is 2.24. The Morgan fingerprint density at radius 2 is 2.21 bits per heavy atom. The van der Waals surface area contributed by atoms with Crippen LogP contribution in [0.25, 0.3) is 0 Å². The van der Waals surface area contributed by atoms with Gasteiger partial charge in [0.1, 0.15) is 5.54 Å². The average molecular weight is 198 g/mol. The molecule has 0 aliphatic carbocycles. The summed E-state index contributed by atoms with van der Waals surface area (Å²) in [5.74, 6) is 0.540. The SMILES string of the molecule is COC[C@]1(CN)C(=O)C2CCN1CC2. The van der Waals surface area contributed by atoms with Gasteiger partial charge in [0.25, 0.3) is 0 Å². The second-order valence-electron chi connectivity index (χ2n) is 4.29. The van der Waals surface area contributed by atoms with Crippen LogP contribution < -0.4 is 5.73 Å². The Hall–Kier alpha value is -0.450. The first-order chi connectivity index (χ1) is 6.74. The predicted molar refractivity (Wildman–Crippen MR) is 53.0 cm³/mol. The molecule has 4 heteroatoms. The van der Waals surface area contributed by atoms with Crippen LogP contribution in [0, 0.1) is 5.92 Å². The third-order valence-electron chi connectivity index (χ3n) is 3.65. The number of carbonyl (C=O) groups is 1. The summed E-state index contributed by atoms with van der Waals surface area (Å²) >= 11 is 0. The van der Waals surface area contributed by atoms with Crippen LogP contribution in [-0.2, 0) is 9.53 Å². The van der Waals surface area contributed by atoms with E-state index in [9.17, 15) is 4.79 Å². The maximum absolute atomic E-state index is 12.1. The van der Waals surface area contributed by atoms with E-state index in [1.165, 1.54) is 0 Å². The standard InChI is InChI=1S/C10H18N2O2/c1-14-7-10(6-11)9(13)8-2-4-12(10)5-3-8/h8H,2-7,11H2,1H3/t10-/m1/s1. The maximum Gasteiger partial charge on any atom is 0.159 e. The Balaban J connectivity index is 2.26. The molecule has 3 saturated heterocycles. The van der Waals surface area contributed by atoms with E-state index in [0.29, 0.717) is 18.9 Å². The normalized spacial score (nSPS) is 41.7. The summed E-state index contributed by atoms with van der Waals surface area (Å²) < 4.78 is 5.16. The highest BCUT2D eigenvalue weighted by molar-refractivity contribution is 5.92. The molecule has 3 aliphatic rings. The van der Waals surface area contributed by atoms with Crippen molar-refractivity contribution < 1.29 is 9.53 Å². The van der Waals surface area contributed by atoms with Gasteiger partial charge in [-0.05, 0) is 25.9 Å². The third kappa shape index (κ3) is 1.21. The first-order valence-electron chi connectivity index (χ1n) is 5.23. The van der Waals surface area contributed by atoms with Crippen LogP contribution >= 0.6 is 0 Å². The fourth-order valence-electron chi connectivity index (χ4n) is 2.80. The highest BCUT2D eigenvalue weighted by Crippen LogP contribution is 2.35. The van der Waals surface area contributed by atoms with Crippen LogP contribution in [0.4, 0.5) is 0 Å². The van der Waals surface area contributed by atoms with E-state index in [1.54, 1.807) is 7.11 Å². The lowest BCUT2D eigenvalue weighted by atomic mass is 9.73. The van der Waals surface area contributed by atoms with Crippen LogP contribution in [0.3, 0.4) is 0 Å². The third-order valence-corrected chi connectivity index (χ3v) is 3.65. The minimum Gasteiger partial charge on any atom is -0.382 e. The molecule has 0 unspecified atom stereocenters. The van der Waals surface area contributed by atoms with Gasteiger partial charge in [-0.25, -0.2) is 0 Å². The minimum absolute atomic E-state index is 0.235. The molecular formula is C10H18N2O2. The van der Waals surface area contributed by atoms with E-state index in [1.807, 2.05) is 0 Å². The molecule has 2 bridgehead atoms. The van der Waals surface area contributed by atoms with Crippen molar-refractivity contribution in [3.8, 4) is 0 Å². The maximum atomic E-state index is 12.1. The molecular weight excluding hydrogens is 180 g/mol. The van der Waals surface area contributed by atoms with E-state index in [2.05, 4.69) is 4.90 Å². The lowest BCUT2D eigenvalue weighted by Crippen LogP contribution is -2.70. The smallest absolute Gasteiger partial charge is 0.159 e. The van der Waals surface area contributed by atoms with Crippen LogP contribution in [0.1, 0.15) is 12.8 Å². The highest BCUT2D eigenvalue weighted by atomic mass is 16.5. The van der Waals surface area contributed by atoms with Gasteiger partial charge in [-0.15, -0.1) is 0 Å². The van der Waals surface area contributed by atoms with Gasteiger partial charge in [-0.2, -0.15) is 0 Å². The largest absolute Gasteiger partial charge is 0.382 e. The molecule has 0 radical (unpaired) electrons. The Labute approximate surface area is 84.4 Å². The Kier molecular flexibility index (Phi) is 2.60. The van der Waals surface area contributed by atoms with Gasteiger partial charge in [-0.3, -0.25) is 9.69 Å². The molecule has 3 rings (SSSR count). The van der Waals surface area contributed by atoms with Gasteiger partial charge in [0.2, 0.25) is 0 Å². The summed E-state index contributed by atoms with van der Waals surface area (Å²) in [7, 11) is 1.63. The van der Waals surface area contributed by atoms with Crippen molar-refractivity contribution in [1.29, 1.82) is 0 Å². The van der Waals surface area contributed by atoms with Gasteiger partial charge < -0.3 is 10.5 Å². The molecule has 80 valence electrons. The molecule has 0 aromatic heterocycles. The van der Waals surface area contributed by atoms with Gasteiger partial charge in [-0.1, -0.05) is 0 Å². The van der Waals surface area contributed by atoms with Gasteiger partial charge >= 0.3 is 0 Å². The summed E-state index contributed by atoms with van der Waals surface area (Å²) in [5.41, 5.74) is 5.25. The molecule has 0 saturated carbocycles. The number of hydrogen-bond donors (Lipinski definition) is 1. The second-order valence-corrected chi connectivity index (χ2v) is 4.29. The lowest BCUT2D eigenvalue weighted by molar-refractivity contribution is -0.152. The van der Waals surface area contributed by atoms with Crippen molar-refractivity contribution >= 4 is 5.78 Å².